The highest BCUT2D eigenvalue weighted by atomic mass is 16.6. The second kappa shape index (κ2) is 24.5. The van der Waals surface area contributed by atoms with Crippen molar-refractivity contribution in [2.75, 3.05) is 59.5 Å². The molecule has 0 saturated heterocycles. The molecule has 0 aliphatic carbocycles. The zero-order valence-corrected chi connectivity index (χ0v) is 35.5. The fourth-order valence-corrected chi connectivity index (χ4v) is 5.46. The topological polar surface area (TPSA) is 134 Å². The van der Waals surface area contributed by atoms with Gasteiger partial charge in [0.1, 0.15) is 56.9 Å². The van der Waals surface area contributed by atoms with E-state index in [1.165, 1.54) is 0 Å². The van der Waals surface area contributed by atoms with Gasteiger partial charge < -0.3 is 42.6 Å². The molecular weight excluding hydrogens is 757 g/mol. The fraction of sp³-hybridized carbons (Fsp3) is 0.426. The smallest absolute Gasteiger partial charge is 0.333 e. The van der Waals surface area contributed by atoms with Crippen LogP contribution in [0.15, 0.2) is 109 Å². The molecule has 3 atom stereocenters. The molecule has 3 rings (SSSR count). The Labute approximate surface area is 349 Å². The average Bonchev–Trinajstić information content (AvgIpc) is 3.23. The van der Waals surface area contributed by atoms with Gasteiger partial charge in [-0.2, -0.15) is 0 Å². The van der Waals surface area contributed by atoms with Crippen molar-refractivity contribution in [3.05, 3.63) is 126 Å². The molecule has 59 heavy (non-hydrogen) atoms. The summed E-state index contributed by atoms with van der Waals surface area (Å²) in [5.41, 5.74) is 3.51. The molecule has 0 aliphatic heterocycles. The summed E-state index contributed by atoms with van der Waals surface area (Å²) >= 11 is 0. The van der Waals surface area contributed by atoms with E-state index in [1.54, 1.807) is 20.8 Å². The number of carbonyl (C=O) groups is 3. The molecule has 0 bridgehead atoms. The normalized spacial score (nSPS) is 13.5. The van der Waals surface area contributed by atoms with E-state index in [1.807, 2.05) is 93.6 Å². The number of benzene rings is 3. The van der Waals surface area contributed by atoms with Gasteiger partial charge >= 0.3 is 17.9 Å². The van der Waals surface area contributed by atoms with E-state index in [0.717, 1.165) is 16.7 Å². The monoisotopic (exact) mass is 816 g/mol. The van der Waals surface area contributed by atoms with Crippen LogP contribution >= 0.6 is 0 Å². The number of hydrogen-bond donors (Lipinski definition) is 0. The van der Waals surface area contributed by atoms with Gasteiger partial charge in [-0.25, -0.2) is 14.4 Å². The predicted octanol–water partition coefficient (Wildman–Crippen LogP) is 7.75. The molecule has 12 nitrogen and oxygen atoms in total. The minimum absolute atomic E-state index is 0.136. The van der Waals surface area contributed by atoms with Crippen LogP contribution in [0.25, 0.3) is 0 Å². The van der Waals surface area contributed by atoms with Crippen LogP contribution in [0.5, 0.6) is 17.2 Å². The van der Waals surface area contributed by atoms with E-state index in [4.69, 9.17) is 42.6 Å². The summed E-state index contributed by atoms with van der Waals surface area (Å²) in [6, 6.07) is 23.9. The molecule has 12 heteroatoms. The first kappa shape index (κ1) is 47.9. The van der Waals surface area contributed by atoms with E-state index in [-0.39, 0.29) is 58.0 Å². The van der Waals surface area contributed by atoms with Crippen LogP contribution in [0.4, 0.5) is 0 Å². The highest BCUT2D eigenvalue weighted by Crippen LogP contribution is 2.40. The highest BCUT2D eigenvalue weighted by molar-refractivity contribution is 5.87. The van der Waals surface area contributed by atoms with Gasteiger partial charge in [0.25, 0.3) is 0 Å². The first-order valence-corrected chi connectivity index (χ1v) is 19.6. The number of ether oxygens (including phenoxy) is 9. The molecule has 0 N–H and O–H groups in total. The molecule has 0 heterocycles. The summed E-state index contributed by atoms with van der Waals surface area (Å²) in [4.78, 5) is 34.8. The summed E-state index contributed by atoms with van der Waals surface area (Å²) in [7, 11) is 0. The molecule has 0 amide bonds. The summed E-state index contributed by atoms with van der Waals surface area (Å²) in [6.45, 7) is 25.4. The average molecular weight is 817 g/mol. The van der Waals surface area contributed by atoms with E-state index < -0.39 is 23.3 Å². The van der Waals surface area contributed by atoms with Crippen LogP contribution in [0.1, 0.15) is 65.2 Å². The molecular formula is C47H60O12. The zero-order chi connectivity index (χ0) is 43.4. The largest absolute Gasteiger partial charge is 0.491 e. The van der Waals surface area contributed by atoms with Crippen molar-refractivity contribution in [3.63, 3.8) is 0 Å². The number of hydrogen-bond acceptors (Lipinski definition) is 12. The summed E-state index contributed by atoms with van der Waals surface area (Å²) in [5, 5.41) is 0. The molecule has 320 valence electrons. The molecule has 0 spiro atoms. The molecule has 3 aromatic rings. The Hall–Kier alpha value is -5.43. The lowest BCUT2D eigenvalue weighted by molar-refractivity contribution is -0.142. The zero-order valence-electron chi connectivity index (χ0n) is 35.5. The predicted molar refractivity (Wildman–Crippen MR) is 225 cm³/mol. The Morgan fingerprint density at radius 3 is 0.915 bits per heavy atom. The standard InChI is InChI=1S/C47H60O12/c1-32(2)44(48)54-26-23-51-35(7)29-57-41-17-11-38(12-18-41)47(10,39-13-19-42(20-14-39)58-30-36(8)52-24-27-55-45(49)33(3)4)40-15-21-43(22-16-40)59-31-37(9)53-25-28-56-46(50)34(5)6/h11-22,35-37H,1,3,5,23-31H2,2,4,6-10H3. The third-order valence-corrected chi connectivity index (χ3v) is 8.95. The Balaban J connectivity index is 1.70. The van der Waals surface area contributed by atoms with Gasteiger partial charge in [0, 0.05) is 22.1 Å². The van der Waals surface area contributed by atoms with Gasteiger partial charge in [-0.05, 0) is 102 Å². The van der Waals surface area contributed by atoms with Gasteiger partial charge in [-0.15, -0.1) is 0 Å². The van der Waals surface area contributed by atoms with E-state index >= 15 is 0 Å². The summed E-state index contributed by atoms with van der Waals surface area (Å²) in [6.07, 6.45) is -0.690. The van der Waals surface area contributed by atoms with Crippen molar-refractivity contribution < 1.29 is 57.0 Å². The number of rotatable bonds is 27. The van der Waals surface area contributed by atoms with E-state index in [9.17, 15) is 14.4 Å². The van der Waals surface area contributed by atoms with Crippen LogP contribution in [-0.2, 0) is 48.2 Å². The SMILES string of the molecule is C=C(C)C(=O)OCCOC(C)COc1ccc(C(C)(c2ccc(OCC(C)OCCOC(=O)C(=C)C)cc2)c2ccc(OCC(C)OCCOC(=O)C(=C)C)cc2)cc1. The van der Waals surface area contributed by atoms with Gasteiger partial charge in [-0.1, -0.05) is 56.1 Å². The van der Waals surface area contributed by atoms with Gasteiger partial charge in [0.2, 0.25) is 0 Å². The minimum Gasteiger partial charge on any atom is -0.491 e. The first-order valence-electron chi connectivity index (χ1n) is 19.6. The maximum absolute atomic E-state index is 11.6. The van der Waals surface area contributed by atoms with Crippen molar-refractivity contribution in [1.29, 1.82) is 0 Å². The molecule has 3 aromatic carbocycles. The molecule has 0 aromatic heterocycles. The molecule has 0 saturated carbocycles. The Morgan fingerprint density at radius 2 is 0.695 bits per heavy atom. The summed E-state index contributed by atoms with van der Waals surface area (Å²) in [5.74, 6) is 0.719. The summed E-state index contributed by atoms with van der Waals surface area (Å²) < 4.78 is 50.6. The van der Waals surface area contributed by atoms with Crippen molar-refractivity contribution in [1.82, 2.24) is 0 Å². The molecule has 0 fully saturated rings. The lowest BCUT2D eigenvalue weighted by Gasteiger charge is -2.32. The van der Waals surface area contributed by atoms with Crippen molar-refractivity contribution in [2.45, 2.75) is 72.2 Å². The second-order valence-corrected chi connectivity index (χ2v) is 14.4. The third kappa shape index (κ3) is 16.4. The molecule has 0 radical (unpaired) electrons. The maximum Gasteiger partial charge on any atom is 0.333 e. The van der Waals surface area contributed by atoms with Crippen LogP contribution in [-0.4, -0.2) is 95.7 Å². The lowest BCUT2D eigenvalue weighted by atomic mass is 9.71. The van der Waals surface area contributed by atoms with Gasteiger partial charge in [0.05, 0.1) is 38.1 Å². The van der Waals surface area contributed by atoms with Crippen LogP contribution < -0.4 is 14.2 Å². The minimum atomic E-state index is -0.595. The molecule has 0 aliphatic rings. The number of esters is 3. The van der Waals surface area contributed by atoms with Crippen LogP contribution in [0, 0.1) is 0 Å². The first-order chi connectivity index (χ1) is 28.1. The highest BCUT2D eigenvalue weighted by Gasteiger charge is 2.31. The van der Waals surface area contributed by atoms with Crippen molar-refractivity contribution in [3.8, 4) is 17.2 Å². The van der Waals surface area contributed by atoms with E-state index in [2.05, 4.69) is 26.7 Å². The van der Waals surface area contributed by atoms with E-state index in [0.29, 0.717) is 53.8 Å². The Morgan fingerprint density at radius 1 is 0.458 bits per heavy atom. The quantitative estimate of drug-likeness (QED) is 0.0245. The molecule has 3 unspecified atom stereocenters. The van der Waals surface area contributed by atoms with Gasteiger partial charge in [-0.3, -0.25) is 0 Å². The van der Waals surface area contributed by atoms with Crippen LogP contribution in [0.2, 0.25) is 0 Å². The van der Waals surface area contributed by atoms with Crippen molar-refractivity contribution in [2.24, 2.45) is 0 Å². The maximum atomic E-state index is 11.6. The Bertz CT molecular complexity index is 1600. The lowest BCUT2D eigenvalue weighted by Crippen LogP contribution is -2.25. The van der Waals surface area contributed by atoms with Gasteiger partial charge in [0.15, 0.2) is 0 Å². The van der Waals surface area contributed by atoms with Crippen LogP contribution in [0.3, 0.4) is 0 Å². The van der Waals surface area contributed by atoms with Crippen molar-refractivity contribution >= 4 is 17.9 Å². The fourth-order valence-electron chi connectivity index (χ4n) is 5.46. The number of carbonyl (C=O) groups excluding carboxylic acids is 3. The second-order valence-electron chi connectivity index (χ2n) is 14.4. The Kier molecular flexibility index (Phi) is 19.9. The third-order valence-electron chi connectivity index (χ3n) is 8.95.